The van der Waals surface area contributed by atoms with Crippen molar-refractivity contribution in [2.24, 2.45) is 28.6 Å². The average Bonchev–Trinajstić information content (AvgIpc) is 3.06. The van der Waals surface area contributed by atoms with Crippen molar-refractivity contribution in [2.45, 2.75) is 114 Å². The molecule has 0 aromatic rings. The van der Waals surface area contributed by atoms with Gasteiger partial charge in [0, 0.05) is 11.3 Å². The number of carbonyl (C=O) groups excluding carboxylic acids is 1. The second-order valence-corrected chi connectivity index (χ2v) is 13.0. The van der Waals surface area contributed by atoms with E-state index < -0.39 is 64.4 Å². The Morgan fingerprint density at radius 2 is 1.74 bits per heavy atom. The molecule has 0 aliphatic heterocycles. The van der Waals surface area contributed by atoms with Gasteiger partial charge in [0.15, 0.2) is 5.78 Å². The van der Waals surface area contributed by atoms with Crippen LogP contribution < -0.4 is 0 Å². The van der Waals surface area contributed by atoms with E-state index in [1.807, 2.05) is 13.8 Å². The quantitative estimate of drug-likeness (QED) is 0.285. The van der Waals surface area contributed by atoms with Crippen LogP contribution in [0.5, 0.6) is 0 Å². The molecule has 3 saturated carbocycles. The second-order valence-electron chi connectivity index (χ2n) is 13.0. The SMILES string of the molecule is C[C@@](O)(CO)CC[C@@H](O)[C@@](C)(O)[C@H]1CC[C@@]2(O)C3=CC(=O)[C@H]4C[C@@H](O)[C@@H](O)C[C@]4(C)[C@@H]3CC[C@@]12C. The van der Waals surface area contributed by atoms with Crippen LogP contribution in [0.3, 0.4) is 0 Å². The zero-order chi connectivity index (χ0) is 26.2. The van der Waals surface area contributed by atoms with E-state index >= 15 is 0 Å². The molecule has 7 N–H and O–H groups in total. The van der Waals surface area contributed by atoms with Gasteiger partial charge >= 0.3 is 0 Å². The molecule has 0 bridgehead atoms. The van der Waals surface area contributed by atoms with Gasteiger partial charge in [-0.05, 0) is 94.1 Å². The van der Waals surface area contributed by atoms with E-state index in [2.05, 4.69) is 0 Å². The summed E-state index contributed by atoms with van der Waals surface area (Å²) in [4.78, 5) is 13.3. The molecule has 200 valence electrons. The van der Waals surface area contributed by atoms with Gasteiger partial charge in [0.05, 0.1) is 41.7 Å². The van der Waals surface area contributed by atoms with Crippen molar-refractivity contribution in [1.82, 2.24) is 0 Å². The van der Waals surface area contributed by atoms with Crippen LogP contribution in [0.4, 0.5) is 0 Å². The van der Waals surface area contributed by atoms with E-state index in [4.69, 9.17) is 0 Å². The van der Waals surface area contributed by atoms with Gasteiger partial charge in [0.2, 0.25) is 0 Å². The molecule has 3 fully saturated rings. The van der Waals surface area contributed by atoms with Crippen LogP contribution in [0, 0.1) is 28.6 Å². The first-order valence-electron chi connectivity index (χ1n) is 13.1. The number of fused-ring (bicyclic) bond motifs is 5. The van der Waals surface area contributed by atoms with Crippen molar-refractivity contribution in [1.29, 1.82) is 0 Å². The largest absolute Gasteiger partial charge is 0.393 e. The fourth-order valence-electron chi connectivity index (χ4n) is 8.36. The Labute approximate surface area is 207 Å². The van der Waals surface area contributed by atoms with Crippen LogP contribution >= 0.6 is 0 Å². The number of aliphatic hydroxyl groups is 7. The Morgan fingerprint density at radius 3 is 2.37 bits per heavy atom. The van der Waals surface area contributed by atoms with Crippen LogP contribution in [0.15, 0.2) is 11.6 Å². The molecule has 0 radical (unpaired) electrons. The van der Waals surface area contributed by atoms with Crippen molar-refractivity contribution >= 4 is 5.78 Å². The maximum absolute atomic E-state index is 13.3. The fraction of sp³-hybridized carbons (Fsp3) is 0.889. The molecule has 4 aliphatic rings. The molecular formula is C27H44O8. The van der Waals surface area contributed by atoms with Crippen molar-refractivity contribution in [2.75, 3.05) is 6.61 Å². The van der Waals surface area contributed by atoms with Gasteiger partial charge < -0.3 is 35.7 Å². The molecule has 0 spiro atoms. The summed E-state index contributed by atoms with van der Waals surface area (Å²) in [5, 5.41) is 74.9. The summed E-state index contributed by atoms with van der Waals surface area (Å²) >= 11 is 0. The summed E-state index contributed by atoms with van der Waals surface area (Å²) in [6, 6.07) is 0. The zero-order valence-electron chi connectivity index (χ0n) is 21.4. The van der Waals surface area contributed by atoms with Gasteiger partial charge in [0.25, 0.3) is 0 Å². The van der Waals surface area contributed by atoms with E-state index in [0.717, 1.165) is 0 Å². The van der Waals surface area contributed by atoms with Crippen LogP contribution in [-0.4, -0.2) is 83.3 Å². The van der Waals surface area contributed by atoms with Gasteiger partial charge in [-0.1, -0.05) is 13.8 Å². The summed E-state index contributed by atoms with van der Waals surface area (Å²) in [5.41, 5.74) is -4.90. The highest BCUT2D eigenvalue weighted by atomic mass is 16.3. The van der Waals surface area contributed by atoms with E-state index in [9.17, 15) is 40.5 Å². The minimum absolute atomic E-state index is 0.0926. The van der Waals surface area contributed by atoms with Crippen LogP contribution in [0.2, 0.25) is 0 Å². The maximum Gasteiger partial charge on any atom is 0.159 e. The summed E-state index contributed by atoms with van der Waals surface area (Å²) in [5.74, 6) is -1.08. The molecule has 0 aromatic heterocycles. The van der Waals surface area contributed by atoms with E-state index in [1.165, 1.54) is 6.92 Å². The average molecular weight is 497 g/mol. The monoisotopic (exact) mass is 496 g/mol. The Morgan fingerprint density at radius 1 is 1.09 bits per heavy atom. The lowest BCUT2D eigenvalue weighted by Gasteiger charge is -2.60. The lowest BCUT2D eigenvalue weighted by Crippen LogP contribution is -2.62. The molecule has 0 aromatic carbocycles. The van der Waals surface area contributed by atoms with Crippen LogP contribution in [0.25, 0.3) is 0 Å². The van der Waals surface area contributed by atoms with Crippen molar-refractivity contribution in [3.05, 3.63) is 11.6 Å². The molecule has 4 rings (SSSR count). The van der Waals surface area contributed by atoms with Gasteiger partial charge in [-0.3, -0.25) is 4.79 Å². The van der Waals surface area contributed by atoms with E-state index in [0.29, 0.717) is 37.7 Å². The smallest absolute Gasteiger partial charge is 0.159 e. The Hall–Kier alpha value is -0.870. The van der Waals surface area contributed by atoms with Crippen molar-refractivity contribution < 1.29 is 40.5 Å². The Bertz CT molecular complexity index is 882. The Balaban J connectivity index is 1.64. The molecule has 11 atom stereocenters. The fourth-order valence-corrected chi connectivity index (χ4v) is 8.36. The zero-order valence-corrected chi connectivity index (χ0v) is 21.4. The number of carbonyl (C=O) groups is 1. The first kappa shape index (κ1) is 27.2. The summed E-state index contributed by atoms with van der Waals surface area (Å²) in [7, 11) is 0. The maximum atomic E-state index is 13.3. The minimum atomic E-state index is -1.55. The van der Waals surface area contributed by atoms with Crippen molar-refractivity contribution in [3.8, 4) is 0 Å². The van der Waals surface area contributed by atoms with E-state index in [1.54, 1.807) is 13.0 Å². The number of ketones is 1. The molecule has 0 amide bonds. The van der Waals surface area contributed by atoms with Gasteiger partial charge in [-0.15, -0.1) is 0 Å². The summed E-state index contributed by atoms with van der Waals surface area (Å²) in [6.07, 6.45) is 1.37. The number of hydrogen-bond donors (Lipinski definition) is 7. The third kappa shape index (κ3) is 3.95. The Kier molecular flexibility index (Phi) is 6.66. The summed E-state index contributed by atoms with van der Waals surface area (Å²) in [6.45, 7) is 6.54. The topological polar surface area (TPSA) is 159 Å². The molecule has 8 nitrogen and oxygen atoms in total. The standard InChI is InChI=1S/C27H44O8/c1-23(33,14-28)8-7-22(32)26(4,34)21-6-10-27(35)16-11-18(29)17-12-19(30)20(31)13-24(17,2)15(16)5-9-25(21,27)3/h11,15,17,19-22,28,30-35H,5-10,12-14H2,1-4H3/t15-,17-,19-,20+,21+,22-,23+,24-,25+,26+,27-/m1/s1. The molecule has 8 heteroatoms. The molecule has 0 heterocycles. The normalized spacial score (nSPS) is 47.6. The van der Waals surface area contributed by atoms with Gasteiger partial charge in [0.1, 0.15) is 0 Å². The lowest BCUT2D eigenvalue weighted by molar-refractivity contribution is -0.177. The second kappa shape index (κ2) is 8.58. The lowest BCUT2D eigenvalue weighted by atomic mass is 9.45. The van der Waals surface area contributed by atoms with Gasteiger partial charge in [-0.2, -0.15) is 0 Å². The molecule has 0 saturated heterocycles. The predicted octanol–water partition coefficient (Wildman–Crippen LogP) is 0.826. The van der Waals surface area contributed by atoms with Crippen molar-refractivity contribution in [3.63, 3.8) is 0 Å². The number of hydrogen-bond acceptors (Lipinski definition) is 8. The highest BCUT2D eigenvalue weighted by molar-refractivity contribution is 5.95. The van der Waals surface area contributed by atoms with E-state index in [-0.39, 0.29) is 31.0 Å². The number of allylic oxidation sites excluding steroid dienone is 1. The van der Waals surface area contributed by atoms with Crippen LogP contribution in [0.1, 0.15) is 79.1 Å². The number of aliphatic hydroxyl groups excluding tert-OH is 4. The third-order valence-electron chi connectivity index (χ3n) is 10.8. The summed E-state index contributed by atoms with van der Waals surface area (Å²) < 4.78 is 0. The molecular weight excluding hydrogens is 452 g/mol. The highest BCUT2D eigenvalue weighted by Gasteiger charge is 2.69. The molecule has 35 heavy (non-hydrogen) atoms. The first-order chi connectivity index (χ1) is 16.0. The first-order valence-corrected chi connectivity index (χ1v) is 13.1. The minimum Gasteiger partial charge on any atom is -0.393 e. The molecule has 0 unspecified atom stereocenters. The predicted molar refractivity (Wildman–Crippen MR) is 128 cm³/mol. The third-order valence-corrected chi connectivity index (χ3v) is 10.8. The molecule has 4 aliphatic carbocycles. The highest BCUT2D eigenvalue weighted by Crippen LogP contribution is 2.68. The van der Waals surface area contributed by atoms with Gasteiger partial charge in [-0.25, -0.2) is 0 Å². The number of rotatable bonds is 6. The van der Waals surface area contributed by atoms with Crippen LogP contribution in [-0.2, 0) is 4.79 Å².